The van der Waals surface area contributed by atoms with Gasteiger partial charge in [0.1, 0.15) is 23.0 Å². The van der Waals surface area contributed by atoms with Gasteiger partial charge in [0.25, 0.3) is 0 Å². The van der Waals surface area contributed by atoms with Crippen molar-refractivity contribution >= 4 is 35.0 Å². The number of phenols is 1. The van der Waals surface area contributed by atoms with Crippen molar-refractivity contribution < 1.29 is 58.8 Å². The molecule has 1 aliphatic heterocycles. The number of carboxylic acid groups (broad SMARTS) is 1. The molecule has 0 saturated heterocycles. The number of ether oxygens (including phenoxy) is 2. The average molecular weight is 523 g/mol. The van der Waals surface area contributed by atoms with E-state index in [-0.39, 0.29) is 52.7 Å². The third-order valence-corrected chi connectivity index (χ3v) is 6.22. The van der Waals surface area contributed by atoms with Gasteiger partial charge >= 0.3 is 29.6 Å². The number of rotatable bonds is 8. The molecular formula is C26H21Cl2NaO6. The quantitative estimate of drug-likeness (QED) is 0.360. The number of phenolic OH excluding ortho intramolecular Hbond substituents is 1. The van der Waals surface area contributed by atoms with Crippen molar-refractivity contribution in [1.82, 2.24) is 0 Å². The Morgan fingerprint density at radius 3 is 2.51 bits per heavy atom. The number of hydrogen-bond acceptors (Lipinski definition) is 6. The second-order valence-corrected chi connectivity index (χ2v) is 8.85. The molecule has 6 nitrogen and oxygen atoms in total. The fourth-order valence-corrected chi connectivity index (χ4v) is 4.26. The summed E-state index contributed by atoms with van der Waals surface area (Å²) in [6.07, 6.45) is 1.80. The number of aryl methyl sites for hydroxylation is 1. The van der Waals surface area contributed by atoms with Gasteiger partial charge < -0.3 is 24.5 Å². The number of fused-ring (bicyclic) bond motifs is 1. The minimum atomic E-state index is -1.17. The molecule has 3 aromatic rings. The van der Waals surface area contributed by atoms with Crippen molar-refractivity contribution in [2.75, 3.05) is 6.61 Å². The van der Waals surface area contributed by atoms with Crippen LogP contribution in [0.4, 0.5) is 0 Å². The van der Waals surface area contributed by atoms with E-state index in [0.29, 0.717) is 59.1 Å². The number of aliphatic carboxylic acids is 1. The first-order chi connectivity index (χ1) is 16.3. The van der Waals surface area contributed by atoms with Crippen molar-refractivity contribution in [2.24, 2.45) is 0 Å². The number of carboxylic acids is 1. The van der Waals surface area contributed by atoms with Crippen molar-refractivity contribution in [2.45, 2.75) is 31.6 Å². The summed E-state index contributed by atoms with van der Waals surface area (Å²) in [4.78, 5) is 23.9. The van der Waals surface area contributed by atoms with E-state index in [9.17, 15) is 19.8 Å². The zero-order valence-electron chi connectivity index (χ0n) is 19.1. The molecule has 0 saturated carbocycles. The normalized spacial score (nSPS) is 14.3. The van der Waals surface area contributed by atoms with E-state index in [1.54, 1.807) is 42.5 Å². The maximum atomic E-state index is 12.5. The molecule has 1 heterocycles. The van der Waals surface area contributed by atoms with Crippen molar-refractivity contribution in [3.63, 3.8) is 0 Å². The Hall–Kier alpha value is -2.22. The molecule has 176 valence electrons. The molecule has 1 unspecified atom stereocenters. The molecule has 9 heteroatoms. The first-order valence-corrected chi connectivity index (χ1v) is 11.5. The monoisotopic (exact) mass is 522 g/mol. The van der Waals surface area contributed by atoms with E-state index in [2.05, 4.69) is 0 Å². The molecule has 4 rings (SSSR count). The van der Waals surface area contributed by atoms with E-state index >= 15 is 0 Å². The van der Waals surface area contributed by atoms with E-state index in [0.717, 1.165) is 5.56 Å². The van der Waals surface area contributed by atoms with Crippen LogP contribution in [0.1, 0.15) is 46.7 Å². The van der Waals surface area contributed by atoms with Gasteiger partial charge in [-0.1, -0.05) is 29.3 Å². The average Bonchev–Trinajstić information content (AvgIpc) is 2.81. The second-order valence-electron chi connectivity index (χ2n) is 8.01. The largest absolute Gasteiger partial charge is 1.00 e. The molecule has 0 amide bonds. The van der Waals surface area contributed by atoms with Crippen LogP contribution in [-0.4, -0.2) is 23.5 Å². The van der Waals surface area contributed by atoms with E-state index in [1.807, 2.05) is 0 Å². The summed E-state index contributed by atoms with van der Waals surface area (Å²) in [6, 6.07) is 14.7. The second kappa shape index (κ2) is 12.2. The SMILES string of the molecule is O=C(CCCc1ccc(Cl)cc1O)c1ccc(Oc2cc3c(cc2Cl)C(C(=O)[O-])CCO3)cc1.[Na+]. The van der Waals surface area contributed by atoms with Crippen LogP contribution in [0.5, 0.6) is 23.0 Å². The predicted octanol–water partition coefficient (Wildman–Crippen LogP) is 2.32. The van der Waals surface area contributed by atoms with Gasteiger partial charge in [0.2, 0.25) is 0 Å². The number of benzene rings is 3. The summed E-state index contributed by atoms with van der Waals surface area (Å²) in [5, 5.41) is 22.0. The molecule has 0 radical (unpaired) electrons. The number of carbonyl (C=O) groups excluding carboxylic acids is 2. The summed E-state index contributed by atoms with van der Waals surface area (Å²) in [7, 11) is 0. The summed E-state index contributed by atoms with van der Waals surface area (Å²) in [5.74, 6) is -0.642. The smallest absolute Gasteiger partial charge is 0.549 e. The van der Waals surface area contributed by atoms with Crippen LogP contribution in [-0.2, 0) is 11.2 Å². The van der Waals surface area contributed by atoms with Gasteiger partial charge in [-0.2, -0.15) is 0 Å². The fourth-order valence-electron chi connectivity index (χ4n) is 3.88. The van der Waals surface area contributed by atoms with Gasteiger partial charge in [-0.15, -0.1) is 0 Å². The summed E-state index contributed by atoms with van der Waals surface area (Å²) >= 11 is 12.2. The Balaban J connectivity index is 0.00000342. The van der Waals surface area contributed by atoms with Gasteiger partial charge in [-0.05, 0) is 67.3 Å². The van der Waals surface area contributed by atoms with E-state index in [1.165, 1.54) is 12.1 Å². The number of ketones is 1. The van der Waals surface area contributed by atoms with Gasteiger partial charge in [0.05, 0.1) is 11.6 Å². The molecule has 0 bridgehead atoms. The van der Waals surface area contributed by atoms with Crippen LogP contribution >= 0.6 is 23.2 Å². The minimum absolute atomic E-state index is 0. The maximum Gasteiger partial charge on any atom is 1.00 e. The topological polar surface area (TPSA) is 95.9 Å². The number of aromatic hydroxyl groups is 1. The summed E-state index contributed by atoms with van der Waals surface area (Å²) in [5.41, 5.74) is 1.76. The van der Waals surface area contributed by atoms with Crippen molar-refractivity contribution in [1.29, 1.82) is 0 Å². The van der Waals surface area contributed by atoms with Crippen LogP contribution in [0.3, 0.4) is 0 Å². The zero-order chi connectivity index (χ0) is 24.2. The first kappa shape index (κ1) is 27.4. The van der Waals surface area contributed by atoms with Crippen LogP contribution in [0.25, 0.3) is 0 Å². The standard InChI is InChI=1S/C26H22Cl2O6.Na/c27-17-7-4-15(23(30)12-17)2-1-3-22(29)16-5-8-18(9-6-16)34-25-14-24-20(13-21(25)28)19(26(31)32)10-11-33-24;/h4-9,12-14,19,30H,1-3,10-11H2,(H,31,32);/q;+1/p-1. The molecule has 0 fully saturated rings. The van der Waals surface area contributed by atoms with Crippen molar-refractivity contribution in [3.05, 3.63) is 81.3 Å². The summed E-state index contributed by atoms with van der Waals surface area (Å²) < 4.78 is 11.4. The Bertz CT molecular complexity index is 1230. The number of hydrogen-bond donors (Lipinski definition) is 1. The van der Waals surface area contributed by atoms with Gasteiger partial charge in [0.15, 0.2) is 5.78 Å². The fraction of sp³-hybridized carbons (Fsp3) is 0.231. The molecule has 0 aliphatic carbocycles. The third-order valence-electron chi connectivity index (χ3n) is 5.69. The van der Waals surface area contributed by atoms with E-state index in [4.69, 9.17) is 32.7 Å². The molecule has 0 spiro atoms. The molecular weight excluding hydrogens is 502 g/mol. The Kier molecular flexibility index (Phi) is 9.50. The Labute approximate surface area is 235 Å². The van der Waals surface area contributed by atoms with Gasteiger partial charge in [-0.3, -0.25) is 4.79 Å². The van der Waals surface area contributed by atoms with Gasteiger partial charge in [0, 0.05) is 40.5 Å². The molecule has 1 atom stereocenters. The van der Waals surface area contributed by atoms with Crippen LogP contribution in [0.15, 0.2) is 54.6 Å². The first-order valence-electron chi connectivity index (χ1n) is 10.8. The summed E-state index contributed by atoms with van der Waals surface area (Å²) in [6.45, 7) is 0.265. The number of carbonyl (C=O) groups is 2. The van der Waals surface area contributed by atoms with Gasteiger partial charge in [-0.25, -0.2) is 0 Å². The Morgan fingerprint density at radius 2 is 1.83 bits per heavy atom. The van der Waals surface area contributed by atoms with Crippen LogP contribution < -0.4 is 44.1 Å². The minimum Gasteiger partial charge on any atom is -0.549 e. The molecule has 0 aromatic heterocycles. The molecule has 1 aliphatic rings. The number of Topliss-reactive ketones (excluding diaryl/α,β-unsaturated/α-hetero) is 1. The zero-order valence-corrected chi connectivity index (χ0v) is 22.6. The van der Waals surface area contributed by atoms with Crippen molar-refractivity contribution in [3.8, 4) is 23.0 Å². The molecule has 35 heavy (non-hydrogen) atoms. The molecule has 3 aromatic carbocycles. The van der Waals surface area contributed by atoms with Crippen LogP contribution in [0.2, 0.25) is 10.0 Å². The predicted molar refractivity (Wildman–Crippen MR) is 126 cm³/mol. The van der Waals surface area contributed by atoms with E-state index < -0.39 is 11.9 Å². The van der Waals surface area contributed by atoms with Crippen LogP contribution in [0, 0.1) is 0 Å². The third kappa shape index (κ3) is 6.72. The maximum absolute atomic E-state index is 12.5. The Morgan fingerprint density at radius 1 is 1.09 bits per heavy atom. The number of halogens is 2. The molecule has 1 N–H and O–H groups in total.